The molecule has 1 aliphatic rings. The van der Waals surface area contributed by atoms with Gasteiger partial charge in [-0.2, -0.15) is 0 Å². The molecule has 3 heteroatoms. The molecule has 1 fully saturated rings. The molecule has 2 aromatic heterocycles. The van der Waals surface area contributed by atoms with Gasteiger partial charge in [0, 0.05) is 48.6 Å². The molecule has 0 N–H and O–H groups in total. The van der Waals surface area contributed by atoms with Gasteiger partial charge < -0.3 is 9.47 Å². The normalized spacial score (nSPS) is 13.5. The Balaban J connectivity index is 1.17. The van der Waals surface area contributed by atoms with E-state index in [1.807, 2.05) is 11.3 Å². The van der Waals surface area contributed by atoms with Gasteiger partial charge in [0.25, 0.3) is 0 Å². The van der Waals surface area contributed by atoms with Gasteiger partial charge >= 0.3 is 0 Å². The van der Waals surface area contributed by atoms with Crippen LogP contribution in [-0.2, 0) is 0 Å². The molecule has 0 unspecified atom stereocenters. The minimum absolute atomic E-state index is 0.576. The van der Waals surface area contributed by atoms with Crippen LogP contribution in [-0.4, -0.2) is 4.57 Å². The Morgan fingerprint density at radius 2 is 1.00 bits per heavy atom. The number of hydrogen-bond donors (Lipinski definition) is 0. The van der Waals surface area contributed by atoms with E-state index in [-0.39, 0.29) is 0 Å². The lowest BCUT2D eigenvalue weighted by molar-refractivity contribution is 0.445. The number of nitrogens with zero attached hydrogens (tertiary/aromatic N) is 2. The summed E-state index contributed by atoms with van der Waals surface area (Å²) in [6, 6.07) is 74.5. The molecule has 292 valence electrons. The summed E-state index contributed by atoms with van der Waals surface area (Å²) in [5.74, 6) is 0.576. The van der Waals surface area contributed by atoms with Gasteiger partial charge in [0.2, 0.25) is 0 Å². The third-order valence-electron chi connectivity index (χ3n) is 13.2. The maximum absolute atomic E-state index is 2.58. The van der Waals surface area contributed by atoms with Gasteiger partial charge in [-0.15, -0.1) is 11.3 Å². The van der Waals surface area contributed by atoms with E-state index in [0.717, 1.165) is 11.4 Å². The van der Waals surface area contributed by atoms with Gasteiger partial charge in [-0.25, -0.2) is 0 Å². The van der Waals surface area contributed by atoms with Crippen molar-refractivity contribution in [2.45, 2.75) is 38.0 Å². The first-order valence-corrected chi connectivity index (χ1v) is 22.6. The summed E-state index contributed by atoms with van der Waals surface area (Å²) in [5.41, 5.74) is 13.5. The van der Waals surface area contributed by atoms with Crippen LogP contribution in [0.2, 0.25) is 0 Å². The fourth-order valence-corrected chi connectivity index (χ4v) is 11.7. The smallest absolute Gasteiger partial charge is 0.0640 e. The number of para-hydroxylation sites is 5. The second-order valence-electron chi connectivity index (χ2n) is 16.6. The fourth-order valence-electron chi connectivity index (χ4n) is 10.5. The first kappa shape index (κ1) is 36.0. The molecular weight excluding hydrogens is 757 g/mol. The summed E-state index contributed by atoms with van der Waals surface area (Å²) >= 11 is 1.89. The molecule has 11 aromatic rings. The van der Waals surface area contributed by atoms with E-state index >= 15 is 0 Å². The van der Waals surface area contributed by atoms with Crippen LogP contribution >= 0.6 is 11.3 Å². The van der Waals surface area contributed by atoms with Gasteiger partial charge in [-0.1, -0.05) is 177 Å². The Bertz CT molecular complexity index is 3420. The maximum Gasteiger partial charge on any atom is 0.0640 e. The van der Waals surface area contributed by atoms with E-state index < -0.39 is 0 Å². The Labute approximate surface area is 360 Å². The van der Waals surface area contributed by atoms with E-state index in [4.69, 9.17) is 0 Å². The van der Waals surface area contributed by atoms with Crippen LogP contribution in [0.15, 0.2) is 200 Å². The zero-order valence-electron chi connectivity index (χ0n) is 34.0. The molecule has 0 aliphatic heterocycles. The summed E-state index contributed by atoms with van der Waals surface area (Å²) < 4.78 is 5.05. The van der Waals surface area contributed by atoms with E-state index in [9.17, 15) is 0 Å². The van der Waals surface area contributed by atoms with Crippen LogP contribution in [0.25, 0.3) is 80.7 Å². The molecule has 1 aliphatic carbocycles. The molecular formula is C58H44N2S. The van der Waals surface area contributed by atoms with Crippen molar-refractivity contribution >= 4 is 81.1 Å². The molecule has 9 aromatic carbocycles. The molecule has 2 heterocycles. The quantitative estimate of drug-likeness (QED) is 0.156. The largest absolute Gasteiger partial charge is 0.309 e. The lowest BCUT2D eigenvalue weighted by Gasteiger charge is -2.31. The highest BCUT2D eigenvalue weighted by Crippen LogP contribution is 2.52. The molecule has 12 rings (SSSR count). The number of thiophene rings is 1. The molecule has 0 radical (unpaired) electrons. The zero-order chi connectivity index (χ0) is 40.3. The molecule has 2 nitrogen and oxygen atoms in total. The Morgan fingerprint density at radius 3 is 1.82 bits per heavy atom. The maximum atomic E-state index is 2.58. The second kappa shape index (κ2) is 15.0. The first-order valence-electron chi connectivity index (χ1n) is 21.8. The summed E-state index contributed by atoms with van der Waals surface area (Å²) in [7, 11) is 0. The fraction of sp³-hybridized carbons (Fsp3) is 0.103. The Hall–Kier alpha value is -6.94. The summed E-state index contributed by atoms with van der Waals surface area (Å²) in [6.45, 7) is 0. The molecule has 0 amide bonds. The average molecular weight is 801 g/mol. The first-order chi connectivity index (χ1) is 30.3. The van der Waals surface area contributed by atoms with Crippen molar-refractivity contribution < 1.29 is 0 Å². The van der Waals surface area contributed by atoms with Crippen molar-refractivity contribution in [3.05, 3.63) is 206 Å². The van der Waals surface area contributed by atoms with Gasteiger partial charge in [0.1, 0.15) is 0 Å². The van der Waals surface area contributed by atoms with Crippen LogP contribution in [0.5, 0.6) is 0 Å². The third-order valence-corrected chi connectivity index (χ3v) is 14.4. The van der Waals surface area contributed by atoms with Crippen LogP contribution < -0.4 is 4.90 Å². The number of hydrogen-bond acceptors (Lipinski definition) is 2. The number of rotatable bonds is 7. The van der Waals surface area contributed by atoms with Crippen molar-refractivity contribution in [2.75, 3.05) is 4.90 Å². The van der Waals surface area contributed by atoms with Crippen LogP contribution in [0.3, 0.4) is 0 Å². The predicted molar refractivity (Wildman–Crippen MR) is 263 cm³/mol. The van der Waals surface area contributed by atoms with E-state index in [1.165, 1.54) is 124 Å². The number of aromatic nitrogens is 1. The third kappa shape index (κ3) is 5.90. The van der Waals surface area contributed by atoms with Crippen molar-refractivity contribution in [1.29, 1.82) is 0 Å². The molecule has 0 atom stereocenters. The highest BCUT2D eigenvalue weighted by atomic mass is 32.1. The van der Waals surface area contributed by atoms with Crippen molar-refractivity contribution in [2.24, 2.45) is 0 Å². The summed E-state index contributed by atoms with van der Waals surface area (Å²) in [5, 5.41) is 7.80. The van der Waals surface area contributed by atoms with Gasteiger partial charge in [0.05, 0.1) is 32.8 Å². The average Bonchev–Trinajstić information content (AvgIpc) is 3.89. The van der Waals surface area contributed by atoms with Crippen LogP contribution in [0.1, 0.15) is 43.6 Å². The highest BCUT2D eigenvalue weighted by molar-refractivity contribution is 7.26. The summed E-state index contributed by atoms with van der Waals surface area (Å²) in [6.07, 6.45) is 6.47. The second-order valence-corrected chi connectivity index (χ2v) is 17.6. The highest BCUT2D eigenvalue weighted by Gasteiger charge is 2.27. The monoisotopic (exact) mass is 800 g/mol. The molecule has 0 bridgehead atoms. The molecule has 61 heavy (non-hydrogen) atoms. The van der Waals surface area contributed by atoms with Crippen LogP contribution in [0, 0.1) is 0 Å². The minimum Gasteiger partial charge on any atom is -0.309 e. The van der Waals surface area contributed by atoms with Gasteiger partial charge in [-0.05, 0) is 83.1 Å². The lowest BCUT2D eigenvalue weighted by Crippen LogP contribution is -2.13. The number of anilines is 3. The Morgan fingerprint density at radius 1 is 0.426 bits per heavy atom. The molecule has 0 saturated heterocycles. The van der Waals surface area contributed by atoms with Gasteiger partial charge in [-0.3, -0.25) is 0 Å². The van der Waals surface area contributed by atoms with Crippen molar-refractivity contribution in [3.8, 4) is 27.9 Å². The van der Waals surface area contributed by atoms with Crippen molar-refractivity contribution in [1.82, 2.24) is 4.57 Å². The van der Waals surface area contributed by atoms with E-state index in [1.54, 1.807) is 0 Å². The standard InChI is InChI=1S/C58H44N2S/c1-3-19-39(20-4-1)42-29-15-21-40-22-16-30-47(56(40)42)43-25-7-12-35-52(43)60(54-37-18-33-50-46-28-10-14-38-55(46)61-58(50)54)53-36-13-9-27-45(53)49-32-17-31-48-44-26-8-11-34-51(44)59(57(48)49)41-23-5-2-6-24-41/h2,5-18,21-39H,1,3-4,19-20H2. The zero-order valence-corrected chi connectivity index (χ0v) is 34.8. The molecule has 1 saturated carbocycles. The number of benzene rings is 9. The van der Waals surface area contributed by atoms with Gasteiger partial charge in [0.15, 0.2) is 0 Å². The SMILES string of the molecule is c1ccc(-n2c3ccccc3c3cccc(-c4ccccc4N(c4ccccc4-c4cccc5cccc(C6CCCCC6)c45)c4cccc5c4sc4ccccc45)c32)cc1. The topological polar surface area (TPSA) is 8.17 Å². The van der Waals surface area contributed by atoms with E-state index in [2.05, 4.69) is 210 Å². The summed E-state index contributed by atoms with van der Waals surface area (Å²) in [4.78, 5) is 2.58. The van der Waals surface area contributed by atoms with E-state index in [0.29, 0.717) is 5.92 Å². The number of fused-ring (bicyclic) bond motifs is 7. The van der Waals surface area contributed by atoms with Crippen molar-refractivity contribution in [3.63, 3.8) is 0 Å². The Kier molecular flexibility index (Phi) is 8.82. The van der Waals surface area contributed by atoms with Crippen LogP contribution in [0.4, 0.5) is 17.1 Å². The molecule has 0 spiro atoms. The lowest BCUT2D eigenvalue weighted by atomic mass is 9.80. The predicted octanol–water partition coefficient (Wildman–Crippen LogP) is 17.2. The minimum atomic E-state index is 0.576.